The number of benzene rings is 1. The maximum atomic E-state index is 12.6. The van der Waals surface area contributed by atoms with Gasteiger partial charge in [-0.05, 0) is 38.1 Å². The summed E-state index contributed by atoms with van der Waals surface area (Å²) in [7, 11) is 0. The Balaban J connectivity index is 1.83. The van der Waals surface area contributed by atoms with Gasteiger partial charge in [-0.1, -0.05) is 12.1 Å². The number of nitrogens with one attached hydrogen (secondary N) is 2. The van der Waals surface area contributed by atoms with Gasteiger partial charge in [-0.2, -0.15) is 10.4 Å². The Morgan fingerprint density at radius 2 is 2.23 bits per heavy atom. The van der Waals surface area contributed by atoms with E-state index in [0.717, 1.165) is 11.1 Å². The second-order valence-electron chi connectivity index (χ2n) is 7.78. The Bertz CT molecular complexity index is 1230. The molecule has 1 aliphatic heterocycles. The zero-order chi connectivity index (χ0) is 22.0. The Hall–Kier alpha value is -4.03. The minimum absolute atomic E-state index is 0.0956. The molecule has 3 N–H and O–H groups in total. The van der Waals surface area contributed by atoms with E-state index in [1.807, 2.05) is 12.1 Å². The van der Waals surface area contributed by atoms with E-state index >= 15 is 0 Å². The highest BCUT2D eigenvalue weighted by Gasteiger charge is 2.24. The average Bonchev–Trinajstić information content (AvgIpc) is 3.16. The zero-order valence-corrected chi connectivity index (χ0v) is 17.1. The monoisotopic (exact) mass is 415 g/mol. The molecule has 0 bridgehead atoms. The van der Waals surface area contributed by atoms with Gasteiger partial charge in [0.1, 0.15) is 17.4 Å². The first-order valence-corrected chi connectivity index (χ1v) is 9.70. The van der Waals surface area contributed by atoms with Crippen molar-refractivity contribution < 1.29 is 9.90 Å². The fraction of sp³-hybridized carbons (Fsp3) is 0.227. The van der Waals surface area contributed by atoms with Gasteiger partial charge in [-0.15, -0.1) is 0 Å². The summed E-state index contributed by atoms with van der Waals surface area (Å²) in [5.41, 5.74) is 2.29. The number of nitriles is 1. The molecule has 0 fully saturated rings. The molecule has 1 unspecified atom stereocenters. The molecule has 1 aliphatic rings. The number of hydrogen-bond donors (Lipinski definition) is 3. The second kappa shape index (κ2) is 8.01. The molecule has 1 aromatic carbocycles. The molecular weight excluding hydrogens is 394 g/mol. The molecule has 3 heterocycles. The minimum atomic E-state index is -1.03. The third kappa shape index (κ3) is 4.29. The third-order valence-electron chi connectivity index (χ3n) is 4.68. The molecule has 0 radical (unpaired) electrons. The van der Waals surface area contributed by atoms with Crippen molar-refractivity contribution in [3.63, 3.8) is 0 Å². The lowest BCUT2D eigenvalue weighted by Crippen LogP contribution is -2.38. The Labute approximate surface area is 178 Å². The van der Waals surface area contributed by atoms with Gasteiger partial charge >= 0.3 is 0 Å². The zero-order valence-electron chi connectivity index (χ0n) is 17.1. The first-order chi connectivity index (χ1) is 14.9. The molecule has 0 aliphatic carbocycles. The number of fused-ring (bicyclic) bond motifs is 1. The summed E-state index contributed by atoms with van der Waals surface area (Å²) in [6.45, 7) is 3.32. The van der Waals surface area contributed by atoms with Gasteiger partial charge in [-0.25, -0.2) is 9.50 Å². The quantitative estimate of drug-likeness (QED) is 0.584. The van der Waals surface area contributed by atoms with Crippen LogP contribution >= 0.6 is 0 Å². The largest absolute Gasteiger partial charge is 0.389 e. The topological polar surface area (TPSA) is 128 Å². The van der Waals surface area contributed by atoms with E-state index in [0.29, 0.717) is 16.9 Å². The molecular formula is C22H21N7O2. The predicted molar refractivity (Wildman–Crippen MR) is 115 cm³/mol. The van der Waals surface area contributed by atoms with Crippen LogP contribution in [0.15, 0.2) is 53.8 Å². The smallest absolute Gasteiger partial charge is 0.270 e. The molecule has 1 amide bonds. The molecule has 156 valence electrons. The van der Waals surface area contributed by atoms with Crippen LogP contribution in [0.2, 0.25) is 0 Å². The van der Waals surface area contributed by atoms with Crippen LogP contribution in [-0.2, 0) is 0 Å². The number of aromatic nitrogens is 3. The summed E-state index contributed by atoms with van der Waals surface area (Å²) >= 11 is 0. The molecule has 9 nitrogen and oxygen atoms in total. The summed E-state index contributed by atoms with van der Waals surface area (Å²) in [6.07, 6.45) is 6.90. The standard InChI is InChI=1S/C22H21N7O2/c1-22(2,31)12-25-21(30)17-7-9-29-20(27-17)18(16-6-8-24-13-26-16)19(28-29)15-5-3-4-14(10-15)11-23/h3-10,13,16,31H,12H2,1-2H3,(H,24,26)(H,25,30). The van der Waals surface area contributed by atoms with E-state index < -0.39 is 11.5 Å². The molecule has 31 heavy (non-hydrogen) atoms. The van der Waals surface area contributed by atoms with Crippen molar-refractivity contribution in [3.8, 4) is 17.3 Å². The van der Waals surface area contributed by atoms with Crippen molar-refractivity contribution >= 4 is 17.9 Å². The summed E-state index contributed by atoms with van der Waals surface area (Å²) in [5.74, 6) is -0.394. The highest BCUT2D eigenvalue weighted by atomic mass is 16.3. The molecule has 1 atom stereocenters. The van der Waals surface area contributed by atoms with Crippen molar-refractivity contribution in [2.24, 2.45) is 4.99 Å². The maximum Gasteiger partial charge on any atom is 0.270 e. The Morgan fingerprint density at radius 1 is 1.39 bits per heavy atom. The van der Waals surface area contributed by atoms with Crippen LogP contribution in [0.25, 0.3) is 16.9 Å². The number of amides is 1. The summed E-state index contributed by atoms with van der Waals surface area (Å²) < 4.78 is 1.60. The molecule has 9 heteroatoms. The highest BCUT2D eigenvalue weighted by Crippen LogP contribution is 2.34. The Kier molecular flexibility index (Phi) is 5.23. The van der Waals surface area contributed by atoms with Crippen LogP contribution in [0.3, 0.4) is 0 Å². The summed E-state index contributed by atoms with van der Waals surface area (Å²) in [4.78, 5) is 21.6. The SMILES string of the molecule is CC(C)(O)CNC(=O)c1ccn2nc(-c3cccc(C#N)c3)c(C3C=CNC=N3)c2n1. The first-order valence-electron chi connectivity index (χ1n) is 9.70. The van der Waals surface area contributed by atoms with E-state index in [4.69, 9.17) is 0 Å². The van der Waals surface area contributed by atoms with Crippen LogP contribution in [0.4, 0.5) is 0 Å². The van der Waals surface area contributed by atoms with E-state index in [-0.39, 0.29) is 18.3 Å². The second-order valence-corrected chi connectivity index (χ2v) is 7.78. The number of nitrogens with zero attached hydrogens (tertiary/aromatic N) is 5. The van der Waals surface area contributed by atoms with Crippen LogP contribution in [0.1, 0.15) is 41.5 Å². The fourth-order valence-corrected chi connectivity index (χ4v) is 3.21. The van der Waals surface area contributed by atoms with Gasteiger partial charge in [0.15, 0.2) is 5.65 Å². The molecule has 2 aromatic heterocycles. The van der Waals surface area contributed by atoms with Crippen LogP contribution in [-0.4, -0.2) is 44.1 Å². The third-order valence-corrected chi connectivity index (χ3v) is 4.68. The average molecular weight is 415 g/mol. The van der Waals surface area contributed by atoms with Gasteiger partial charge in [0.25, 0.3) is 5.91 Å². The maximum absolute atomic E-state index is 12.6. The van der Waals surface area contributed by atoms with Crippen molar-refractivity contribution in [1.29, 1.82) is 5.26 Å². The number of aliphatic hydroxyl groups is 1. The molecule has 4 rings (SSSR count). The summed E-state index contributed by atoms with van der Waals surface area (Å²) in [5, 5.41) is 29.4. The van der Waals surface area contributed by atoms with Gasteiger partial charge in [0.2, 0.25) is 0 Å². The number of hydrogen-bond acceptors (Lipinski definition) is 7. The number of rotatable bonds is 5. The minimum Gasteiger partial charge on any atom is -0.389 e. The van der Waals surface area contributed by atoms with Gasteiger partial charge in [0, 0.05) is 24.5 Å². The van der Waals surface area contributed by atoms with Gasteiger partial charge in [0.05, 0.1) is 29.1 Å². The Morgan fingerprint density at radius 3 is 2.94 bits per heavy atom. The molecule has 0 saturated carbocycles. The molecule has 0 spiro atoms. The number of carbonyl (C=O) groups excluding carboxylic acids is 1. The first kappa shape index (κ1) is 20.3. The van der Waals surface area contributed by atoms with Crippen molar-refractivity contribution in [2.75, 3.05) is 6.54 Å². The van der Waals surface area contributed by atoms with Crippen LogP contribution in [0.5, 0.6) is 0 Å². The van der Waals surface area contributed by atoms with E-state index in [9.17, 15) is 15.2 Å². The predicted octanol–water partition coefficient (Wildman–Crippen LogP) is 1.95. The van der Waals surface area contributed by atoms with Crippen LogP contribution in [0, 0.1) is 11.3 Å². The number of aliphatic imine (C=N–C) groups is 1. The lowest BCUT2D eigenvalue weighted by atomic mass is 10.0. The lowest BCUT2D eigenvalue weighted by Gasteiger charge is -2.17. The van der Waals surface area contributed by atoms with E-state index in [2.05, 4.69) is 31.8 Å². The fourth-order valence-electron chi connectivity index (χ4n) is 3.21. The van der Waals surface area contributed by atoms with Crippen molar-refractivity contribution in [2.45, 2.75) is 25.5 Å². The molecule has 3 aromatic rings. The van der Waals surface area contributed by atoms with Crippen molar-refractivity contribution in [3.05, 3.63) is 65.6 Å². The van der Waals surface area contributed by atoms with Crippen molar-refractivity contribution in [1.82, 2.24) is 25.2 Å². The molecule has 0 saturated heterocycles. The van der Waals surface area contributed by atoms with Crippen LogP contribution < -0.4 is 10.6 Å². The van der Waals surface area contributed by atoms with Gasteiger partial charge < -0.3 is 15.7 Å². The number of carbonyl (C=O) groups is 1. The van der Waals surface area contributed by atoms with Gasteiger partial charge in [-0.3, -0.25) is 9.79 Å². The highest BCUT2D eigenvalue weighted by molar-refractivity contribution is 5.93. The lowest BCUT2D eigenvalue weighted by molar-refractivity contribution is 0.0692. The normalized spacial score (nSPS) is 15.5. The summed E-state index contributed by atoms with van der Waals surface area (Å²) in [6, 6.07) is 10.5. The van der Waals surface area contributed by atoms with E-state index in [1.165, 1.54) is 0 Å². The van der Waals surface area contributed by atoms with E-state index in [1.54, 1.807) is 61.4 Å².